The summed E-state index contributed by atoms with van der Waals surface area (Å²) < 4.78 is 26.7. The highest BCUT2D eigenvalue weighted by Crippen LogP contribution is 2.27. The average molecular weight is 970 g/mol. The Balaban J connectivity index is -0.000000255. The van der Waals surface area contributed by atoms with Crippen LogP contribution >= 0.6 is 0 Å². The summed E-state index contributed by atoms with van der Waals surface area (Å²) >= 11 is 0. The first-order valence-corrected chi connectivity index (χ1v) is 23.4. The second-order valence-corrected chi connectivity index (χ2v) is 14.5. The lowest BCUT2D eigenvalue weighted by atomic mass is 10.1. The van der Waals surface area contributed by atoms with Crippen LogP contribution in [0.15, 0.2) is 75.6 Å². The van der Waals surface area contributed by atoms with Gasteiger partial charge in [0, 0.05) is 68.2 Å². The van der Waals surface area contributed by atoms with Gasteiger partial charge in [-0.3, -0.25) is 19.6 Å². The number of hydrogen-bond donors (Lipinski definition) is 9. The van der Waals surface area contributed by atoms with Crippen molar-refractivity contribution in [3.8, 4) is 12.3 Å². The van der Waals surface area contributed by atoms with Crippen molar-refractivity contribution in [3.63, 3.8) is 0 Å². The number of terminal acetylenes is 1. The van der Waals surface area contributed by atoms with E-state index in [-0.39, 0.29) is 29.8 Å². The SMILES string of the molecule is C#CC.C/C=C/Cc1c(NC)cc(F)cc1NC(=O)CCCC.CC=N/C(=C\CC=O)C(=O)Nc1cc(F)ccc1C.CCCN/C(N)=C(\C)CC.CCCN=C(N)N.CNC.NCCCCC=O. The molecule has 69 heavy (non-hydrogen) atoms. The van der Waals surface area contributed by atoms with Crippen molar-refractivity contribution in [1.82, 2.24) is 10.6 Å². The van der Waals surface area contributed by atoms with Crippen LogP contribution in [-0.2, 0) is 25.6 Å². The number of carbonyl (C=O) groups is 4. The zero-order valence-electron chi connectivity index (χ0n) is 43.9. The Kier molecular flexibility index (Phi) is 54.6. The van der Waals surface area contributed by atoms with E-state index in [1.807, 2.05) is 47.0 Å². The monoisotopic (exact) mass is 970 g/mol. The van der Waals surface area contributed by atoms with Gasteiger partial charge in [-0.15, -0.1) is 12.3 Å². The fourth-order valence-corrected chi connectivity index (χ4v) is 4.61. The van der Waals surface area contributed by atoms with Gasteiger partial charge in [-0.2, -0.15) is 0 Å². The largest absolute Gasteiger partial charge is 0.388 e. The third kappa shape index (κ3) is 45.2. The number of aliphatic imine (C=N–C) groups is 2. The van der Waals surface area contributed by atoms with Crippen molar-refractivity contribution < 1.29 is 28.0 Å². The van der Waals surface area contributed by atoms with Gasteiger partial charge in [0.1, 0.15) is 29.9 Å². The molecule has 0 aliphatic heterocycles. The lowest BCUT2D eigenvalue weighted by Gasteiger charge is -2.15. The molecule has 2 aromatic rings. The highest BCUT2D eigenvalue weighted by molar-refractivity contribution is 6.04. The van der Waals surface area contributed by atoms with E-state index < -0.39 is 11.7 Å². The minimum atomic E-state index is -0.478. The Labute approximate surface area is 414 Å². The Hall–Kier alpha value is -6.38. The minimum absolute atomic E-state index is 0.0683. The van der Waals surface area contributed by atoms with E-state index in [0.29, 0.717) is 49.2 Å². The number of nitrogens with one attached hydrogen (secondary N) is 5. The summed E-state index contributed by atoms with van der Waals surface area (Å²) in [5.41, 5.74) is 25.5. The zero-order valence-corrected chi connectivity index (χ0v) is 43.9. The van der Waals surface area contributed by atoms with Gasteiger partial charge in [-0.05, 0) is 142 Å². The summed E-state index contributed by atoms with van der Waals surface area (Å²) in [5, 5.41) is 14.3. The normalized spacial score (nSPS) is 10.3. The maximum atomic E-state index is 13.6. The van der Waals surface area contributed by atoms with Gasteiger partial charge < -0.3 is 59.1 Å². The Morgan fingerprint density at radius 3 is 1.93 bits per heavy atom. The van der Waals surface area contributed by atoms with E-state index in [2.05, 4.69) is 69.7 Å². The number of unbranched alkanes of at least 4 members (excludes halogenated alkanes) is 3. The van der Waals surface area contributed by atoms with Crippen LogP contribution in [0.5, 0.6) is 0 Å². The molecule has 0 spiro atoms. The molecule has 0 bridgehead atoms. The summed E-state index contributed by atoms with van der Waals surface area (Å²) in [6.07, 6.45) is 21.7. The van der Waals surface area contributed by atoms with Crippen LogP contribution in [0.1, 0.15) is 131 Å². The molecule has 2 amide bonds. The van der Waals surface area contributed by atoms with Crippen molar-refractivity contribution in [2.75, 3.05) is 56.7 Å². The van der Waals surface area contributed by atoms with Crippen LogP contribution in [0.25, 0.3) is 0 Å². The summed E-state index contributed by atoms with van der Waals surface area (Å²) in [6.45, 7) is 19.8. The summed E-state index contributed by atoms with van der Waals surface area (Å²) in [6, 6.07) is 6.95. The molecule has 0 fully saturated rings. The summed E-state index contributed by atoms with van der Waals surface area (Å²) in [4.78, 5) is 51.3. The fraction of sp³-hybridized carbons (Fsp3) is 0.500. The summed E-state index contributed by atoms with van der Waals surface area (Å²) in [7, 11) is 5.50. The van der Waals surface area contributed by atoms with E-state index >= 15 is 0 Å². The third-order valence-corrected chi connectivity index (χ3v) is 8.28. The van der Waals surface area contributed by atoms with Crippen molar-refractivity contribution in [3.05, 3.63) is 88.4 Å². The highest BCUT2D eigenvalue weighted by Gasteiger charge is 2.13. The van der Waals surface area contributed by atoms with Crippen LogP contribution in [0.2, 0.25) is 0 Å². The number of nitrogens with two attached hydrogens (primary N) is 4. The van der Waals surface area contributed by atoms with Crippen molar-refractivity contribution >= 4 is 53.6 Å². The number of halogens is 2. The molecule has 0 saturated heterocycles. The molecule has 0 aromatic heterocycles. The topological polar surface area (TPSA) is 257 Å². The number of allylic oxidation sites excluding steroid dienone is 4. The molecule has 15 nitrogen and oxygen atoms in total. The Morgan fingerprint density at radius 1 is 0.855 bits per heavy atom. The Morgan fingerprint density at radius 2 is 1.46 bits per heavy atom. The number of amides is 2. The molecule has 0 aliphatic rings. The second-order valence-electron chi connectivity index (χ2n) is 14.5. The number of benzene rings is 2. The van der Waals surface area contributed by atoms with E-state index in [1.165, 1.54) is 42.1 Å². The van der Waals surface area contributed by atoms with Gasteiger partial charge in [-0.1, -0.05) is 52.3 Å². The first-order chi connectivity index (χ1) is 32.9. The van der Waals surface area contributed by atoms with E-state index in [1.54, 1.807) is 33.9 Å². The van der Waals surface area contributed by atoms with Crippen LogP contribution < -0.4 is 49.5 Å². The molecule has 2 rings (SSSR count). The fourth-order valence-electron chi connectivity index (χ4n) is 4.61. The molecule has 0 unspecified atom stereocenters. The maximum absolute atomic E-state index is 13.6. The molecule has 0 radical (unpaired) electrons. The molecular weight excluding hydrogens is 881 g/mol. The quantitative estimate of drug-likeness (QED) is 0.0102. The van der Waals surface area contributed by atoms with Gasteiger partial charge in [0.25, 0.3) is 5.91 Å². The first-order valence-electron chi connectivity index (χ1n) is 23.4. The molecule has 2 aromatic carbocycles. The van der Waals surface area contributed by atoms with Gasteiger partial charge in [0.2, 0.25) is 5.91 Å². The van der Waals surface area contributed by atoms with E-state index in [9.17, 15) is 28.0 Å². The number of hydrogen-bond acceptors (Lipinski definition) is 11. The number of aryl methyl sites for hydroxylation is 1. The molecule has 0 aliphatic carbocycles. The van der Waals surface area contributed by atoms with Gasteiger partial charge >= 0.3 is 0 Å². The predicted octanol–water partition coefficient (Wildman–Crippen LogP) is 8.80. The smallest absolute Gasteiger partial charge is 0.273 e. The van der Waals surface area contributed by atoms with Crippen LogP contribution in [0.4, 0.5) is 25.8 Å². The van der Waals surface area contributed by atoms with Crippen molar-refractivity contribution in [2.45, 2.75) is 133 Å². The third-order valence-electron chi connectivity index (χ3n) is 8.28. The predicted molar refractivity (Wildman–Crippen MR) is 290 cm³/mol. The van der Waals surface area contributed by atoms with Crippen LogP contribution in [-0.4, -0.2) is 77.3 Å². The maximum Gasteiger partial charge on any atom is 0.273 e. The Bertz CT molecular complexity index is 1850. The molecule has 17 heteroatoms. The number of nitrogens with zero attached hydrogens (tertiary/aromatic N) is 2. The first kappa shape index (κ1) is 71.6. The molecule has 390 valence electrons. The lowest BCUT2D eigenvalue weighted by molar-refractivity contribution is -0.116. The zero-order chi connectivity index (χ0) is 53.8. The molecule has 0 atom stereocenters. The average Bonchev–Trinajstić information content (AvgIpc) is 3.32. The molecule has 0 saturated carbocycles. The van der Waals surface area contributed by atoms with Crippen molar-refractivity contribution in [2.24, 2.45) is 32.9 Å². The molecular formula is C52H89F2N11O4. The van der Waals surface area contributed by atoms with E-state index in [4.69, 9.17) is 22.9 Å². The second kappa shape index (κ2) is 52.6. The van der Waals surface area contributed by atoms with Gasteiger partial charge in [-0.25, -0.2) is 8.78 Å². The van der Waals surface area contributed by atoms with Crippen LogP contribution in [0, 0.1) is 30.9 Å². The van der Waals surface area contributed by atoms with Crippen molar-refractivity contribution in [1.29, 1.82) is 0 Å². The minimum Gasteiger partial charge on any atom is -0.388 e. The highest BCUT2D eigenvalue weighted by atomic mass is 19.1. The number of aldehydes is 2. The number of anilines is 3. The number of rotatable bonds is 22. The standard InChI is InChI=1S/C16H23FN2O.C14H15FN2O2.C8H18N2.C5H11NO.C4H11N3.C3H4.C2H7N/c1-4-6-8-13-14(18-3)10-12(17)11-15(13)19-16(20)9-7-5-2;1-3-16-12(5-4-8-18)14(19)17-13-9-11(15)7-6-10(13)2;1-4-6-10-8(9)7(3)5-2;6-4-2-1-3-5-7;1-2-3-7-4(5)6;2*1-3-2/h4,6,10-11,18H,5,7-9H2,1-3H3,(H,19,20);3,5-9H,4H2,1-2H3,(H,17,19);10H,4-6,9H2,1-3H3;5H,1-4,6H2;2-3H2,1H3,(H4,5,6,7);1H,2H3;3H,1-2H3/b6-4+;12-5-,16-3?;8-7+;;;;. The number of guanidine groups is 1. The van der Waals surface area contributed by atoms with E-state index in [0.717, 1.165) is 81.3 Å². The van der Waals surface area contributed by atoms with Gasteiger partial charge in [0.15, 0.2) is 5.96 Å². The molecule has 13 N–H and O–H groups in total. The lowest BCUT2D eigenvalue weighted by Crippen LogP contribution is -2.22. The summed E-state index contributed by atoms with van der Waals surface area (Å²) in [5.74, 6) is 1.95. The number of carbonyl (C=O) groups excluding carboxylic acids is 4. The van der Waals surface area contributed by atoms with Gasteiger partial charge in [0.05, 0.1) is 5.82 Å². The van der Waals surface area contributed by atoms with Crippen LogP contribution in [0.3, 0.4) is 0 Å². The molecule has 0 heterocycles.